The summed E-state index contributed by atoms with van der Waals surface area (Å²) in [5.41, 5.74) is 7.12. The van der Waals surface area contributed by atoms with E-state index in [9.17, 15) is 8.42 Å². The van der Waals surface area contributed by atoms with Gasteiger partial charge in [0.1, 0.15) is 0 Å². The van der Waals surface area contributed by atoms with Crippen molar-refractivity contribution in [2.24, 2.45) is 5.73 Å². The third-order valence-corrected chi connectivity index (χ3v) is 4.07. The van der Waals surface area contributed by atoms with Crippen molar-refractivity contribution in [1.82, 2.24) is 4.72 Å². The van der Waals surface area contributed by atoms with Crippen LogP contribution in [0.2, 0.25) is 0 Å². The summed E-state index contributed by atoms with van der Waals surface area (Å²) in [4.78, 5) is 0. The molecule has 0 amide bonds. The molecule has 1 aromatic rings. The molecule has 17 heavy (non-hydrogen) atoms. The van der Waals surface area contributed by atoms with Crippen LogP contribution in [0.25, 0.3) is 0 Å². The van der Waals surface area contributed by atoms with Gasteiger partial charge in [0.05, 0.1) is 5.69 Å². The van der Waals surface area contributed by atoms with Crippen molar-refractivity contribution in [3.05, 3.63) is 29.8 Å². The van der Waals surface area contributed by atoms with Crippen molar-refractivity contribution in [3.8, 4) is 0 Å². The Morgan fingerprint density at radius 3 is 2.24 bits per heavy atom. The van der Waals surface area contributed by atoms with E-state index in [1.807, 2.05) is 12.1 Å². The number of hydrogen-bond acceptors (Lipinski definition) is 3. The summed E-state index contributed by atoms with van der Waals surface area (Å²) in [6.45, 7) is 4.76. The second-order valence-electron chi connectivity index (χ2n) is 3.54. The van der Waals surface area contributed by atoms with Gasteiger partial charge in [-0.05, 0) is 24.6 Å². The number of nitrogens with two attached hydrogens (primary N) is 1. The number of hydrogen-bond donors (Lipinski definition) is 2. The summed E-state index contributed by atoms with van der Waals surface area (Å²) in [5, 5.41) is 0. The van der Waals surface area contributed by atoms with Gasteiger partial charge in [-0.25, -0.2) is 0 Å². The molecule has 1 rings (SSSR count). The molecule has 0 aliphatic carbocycles. The first kappa shape index (κ1) is 14.0. The zero-order valence-corrected chi connectivity index (χ0v) is 11.0. The molecule has 5 nitrogen and oxygen atoms in total. The minimum atomic E-state index is -3.44. The van der Waals surface area contributed by atoms with E-state index in [1.54, 1.807) is 26.0 Å². The number of nitrogens with zero attached hydrogens (tertiary/aromatic N) is 1. The first-order valence-electron chi connectivity index (χ1n) is 5.61. The van der Waals surface area contributed by atoms with Gasteiger partial charge in [-0.15, -0.1) is 0 Å². The quantitative estimate of drug-likeness (QED) is 0.792. The second kappa shape index (κ2) is 6.00. The normalized spacial score (nSPS) is 11.5. The highest BCUT2D eigenvalue weighted by Gasteiger charge is 2.19. The Kier molecular flexibility index (Phi) is 4.92. The summed E-state index contributed by atoms with van der Waals surface area (Å²) < 4.78 is 27.6. The number of anilines is 1. The molecule has 3 N–H and O–H groups in total. The van der Waals surface area contributed by atoms with Crippen molar-refractivity contribution in [2.75, 3.05) is 17.4 Å². The molecular weight excluding hydrogens is 238 g/mol. The lowest BCUT2D eigenvalue weighted by Crippen LogP contribution is -2.40. The van der Waals surface area contributed by atoms with Crippen molar-refractivity contribution >= 4 is 15.9 Å². The fraction of sp³-hybridized carbons (Fsp3) is 0.455. The lowest BCUT2D eigenvalue weighted by molar-refractivity contribution is 0.579. The third kappa shape index (κ3) is 3.42. The van der Waals surface area contributed by atoms with E-state index in [2.05, 4.69) is 4.72 Å². The van der Waals surface area contributed by atoms with Crippen LogP contribution in [-0.4, -0.2) is 21.5 Å². The van der Waals surface area contributed by atoms with Crippen LogP contribution in [0.3, 0.4) is 0 Å². The van der Waals surface area contributed by atoms with E-state index in [0.29, 0.717) is 25.3 Å². The van der Waals surface area contributed by atoms with Gasteiger partial charge in [0.25, 0.3) is 0 Å². The Labute approximate surface area is 103 Å². The summed E-state index contributed by atoms with van der Waals surface area (Å²) >= 11 is 0. The van der Waals surface area contributed by atoms with Gasteiger partial charge in [-0.2, -0.15) is 13.1 Å². The maximum Gasteiger partial charge on any atom is 0.301 e. The van der Waals surface area contributed by atoms with Gasteiger partial charge in [-0.3, -0.25) is 4.31 Å². The maximum atomic E-state index is 11.9. The molecule has 0 bridgehead atoms. The highest BCUT2D eigenvalue weighted by atomic mass is 32.2. The number of rotatable bonds is 6. The Morgan fingerprint density at radius 1 is 1.24 bits per heavy atom. The van der Waals surface area contributed by atoms with Crippen molar-refractivity contribution in [3.63, 3.8) is 0 Å². The van der Waals surface area contributed by atoms with Crippen LogP contribution in [0.5, 0.6) is 0 Å². The zero-order chi connectivity index (χ0) is 12.9. The molecule has 1 aromatic carbocycles. The Balaban J connectivity index is 3.01. The minimum Gasteiger partial charge on any atom is -0.326 e. The molecule has 0 heterocycles. The Morgan fingerprint density at radius 2 is 1.82 bits per heavy atom. The summed E-state index contributed by atoms with van der Waals surface area (Å²) in [7, 11) is -3.44. The average molecular weight is 257 g/mol. The second-order valence-corrected chi connectivity index (χ2v) is 5.22. The zero-order valence-electron chi connectivity index (χ0n) is 10.2. The smallest absolute Gasteiger partial charge is 0.301 e. The van der Waals surface area contributed by atoms with E-state index in [-0.39, 0.29) is 0 Å². The average Bonchev–Trinajstić information content (AvgIpc) is 2.30. The molecular formula is C11H19N3O2S. The lowest BCUT2D eigenvalue weighted by Gasteiger charge is -2.22. The molecule has 0 aliphatic rings. The van der Waals surface area contributed by atoms with Crippen LogP contribution in [0, 0.1) is 0 Å². The van der Waals surface area contributed by atoms with Crippen molar-refractivity contribution < 1.29 is 8.42 Å². The molecule has 0 aromatic heterocycles. The van der Waals surface area contributed by atoms with Crippen LogP contribution in [-0.2, 0) is 16.8 Å². The summed E-state index contributed by atoms with van der Waals surface area (Å²) in [6, 6.07) is 7.19. The van der Waals surface area contributed by atoms with Crippen LogP contribution < -0.4 is 14.8 Å². The summed E-state index contributed by atoms with van der Waals surface area (Å²) in [6.07, 6.45) is 0. The van der Waals surface area contributed by atoms with Gasteiger partial charge in [0, 0.05) is 19.6 Å². The molecule has 0 atom stereocenters. The fourth-order valence-corrected chi connectivity index (χ4v) is 2.81. The SMILES string of the molecule is CCNS(=O)(=O)N(CC)c1ccc(CN)cc1. The van der Waals surface area contributed by atoms with Gasteiger partial charge >= 0.3 is 10.2 Å². The van der Waals surface area contributed by atoms with Crippen LogP contribution >= 0.6 is 0 Å². The van der Waals surface area contributed by atoms with Crippen LogP contribution in [0.4, 0.5) is 5.69 Å². The molecule has 0 unspecified atom stereocenters. The van der Waals surface area contributed by atoms with E-state index in [0.717, 1.165) is 5.56 Å². The van der Waals surface area contributed by atoms with E-state index >= 15 is 0 Å². The molecule has 0 fully saturated rings. The Bertz CT molecular complexity index is 442. The predicted molar refractivity (Wildman–Crippen MR) is 69.9 cm³/mol. The maximum absolute atomic E-state index is 11.9. The first-order chi connectivity index (χ1) is 8.05. The standard InChI is InChI=1S/C11H19N3O2S/c1-3-13-17(15,16)14(4-2)11-7-5-10(9-12)6-8-11/h5-8,13H,3-4,9,12H2,1-2H3. The van der Waals surface area contributed by atoms with Gasteiger partial charge in [-0.1, -0.05) is 19.1 Å². The van der Waals surface area contributed by atoms with Crippen LogP contribution in [0.15, 0.2) is 24.3 Å². The van der Waals surface area contributed by atoms with Crippen molar-refractivity contribution in [2.45, 2.75) is 20.4 Å². The van der Waals surface area contributed by atoms with Crippen LogP contribution in [0.1, 0.15) is 19.4 Å². The third-order valence-electron chi connectivity index (χ3n) is 2.36. The predicted octanol–water partition coefficient (Wildman–Crippen LogP) is 0.826. The summed E-state index contributed by atoms with van der Waals surface area (Å²) in [5.74, 6) is 0. The Hall–Kier alpha value is -1.11. The number of benzene rings is 1. The lowest BCUT2D eigenvalue weighted by atomic mass is 10.2. The van der Waals surface area contributed by atoms with Gasteiger partial charge in [0.2, 0.25) is 0 Å². The highest BCUT2D eigenvalue weighted by Crippen LogP contribution is 2.17. The largest absolute Gasteiger partial charge is 0.326 e. The topological polar surface area (TPSA) is 75.4 Å². The molecule has 0 saturated heterocycles. The monoisotopic (exact) mass is 257 g/mol. The number of nitrogens with one attached hydrogen (secondary N) is 1. The molecule has 0 aliphatic heterocycles. The first-order valence-corrected chi connectivity index (χ1v) is 7.05. The molecule has 0 radical (unpaired) electrons. The van der Waals surface area contributed by atoms with E-state index in [4.69, 9.17) is 5.73 Å². The van der Waals surface area contributed by atoms with Gasteiger partial charge in [0.15, 0.2) is 0 Å². The fourth-order valence-electron chi connectivity index (χ4n) is 1.55. The van der Waals surface area contributed by atoms with Crippen molar-refractivity contribution in [1.29, 1.82) is 0 Å². The molecule has 6 heteroatoms. The minimum absolute atomic E-state index is 0.375. The highest BCUT2D eigenvalue weighted by molar-refractivity contribution is 7.90. The van der Waals surface area contributed by atoms with E-state index in [1.165, 1.54) is 4.31 Å². The molecule has 0 saturated carbocycles. The molecule has 0 spiro atoms. The molecule has 96 valence electrons. The van der Waals surface area contributed by atoms with Gasteiger partial charge < -0.3 is 5.73 Å². The van der Waals surface area contributed by atoms with E-state index < -0.39 is 10.2 Å².